The van der Waals surface area contributed by atoms with E-state index in [1.54, 1.807) is 0 Å². The molecule has 0 radical (unpaired) electrons. The van der Waals surface area contributed by atoms with E-state index in [-0.39, 0.29) is 11.8 Å². The van der Waals surface area contributed by atoms with Gasteiger partial charge in [0.2, 0.25) is 0 Å². The summed E-state index contributed by atoms with van der Waals surface area (Å²) in [4.78, 5) is 26.8. The van der Waals surface area contributed by atoms with E-state index in [2.05, 4.69) is 28.2 Å². The maximum absolute atomic E-state index is 12.7. The molecule has 23 heavy (non-hydrogen) atoms. The van der Waals surface area contributed by atoms with Crippen LogP contribution in [0.3, 0.4) is 0 Å². The first-order valence-corrected chi connectivity index (χ1v) is 9.03. The number of halogens is 1. The van der Waals surface area contributed by atoms with Crippen molar-refractivity contribution in [2.75, 3.05) is 23.7 Å². The molecule has 0 spiro atoms. The SMILES string of the molecule is CCCCN1C(=O)c2cccc3c(NCCBr)ccc(c23)C1=O. The Morgan fingerprint density at radius 1 is 1.09 bits per heavy atom. The second-order valence-corrected chi connectivity index (χ2v) is 6.41. The topological polar surface area (TPSA) is 49.4 Å². The molecule has 1 aliphatic heterocycles. The first-order chi connectivity index (χ1) is 11.2. The van der Waals surface area contributed by atoms with E-state index in [1.807, 2.05) is 30.3 Å². The number of rotatable bonds is 6. The van der Waals surface area contributed by atoms with Crippen LogP contribution in [-0.2, 0) is 0 Å². The zero-order valence-corrected chi connectivity index (χ0v) is 14.6. The lowest BCUT2D eigenvalue weighted by Crippen LogP contribution is -2.40. The van der Waals surface area contributed by atoms with E-state index in [0.717, 1.165) is 41.2 Å². The summed E-state index contributed by atoms with van der Waals surface area (Å²) in [6, 6.07) is 9.41. The fourth-order valence-corrected chi connectivity index (χ4v) is 3.20. The minimum Gasteiger partial charge on any atom is -0.384 e. The number of alkyl halides is 1. The van der Waals surface area contributed by atoms with Gasteiger partial charge in [0.25, 0.3) is 11.8 Å². The van der Waals surface area contributed by atoms with Gasteiger partial charge in [0.1, 0.15) is 0 Å². The molecule has 2 amide bonds. The van der Waals surface area contributed by atoms with Crippen LogP contribution in [0, 0.1) is 0 Å². The van der Waals surface area contributed by atoms with Crippen molar-refractivity contribution in [2.45, 2.75) is 19.8 Å². The quantitative estimate of drug-likeness (QED) is 0.612. The number of anilines is 1. The summed E-state index contributed by atoms with van der Waals surface area (Å²) >= 11 is 3.40. The lowest BCUT2D eigenvalue weighted by atomic mass is 9.93. The molecule has 120 valence electrons. The van der Waals surface area contributed by atoms with Crippen molar-refractivity contribution in [3.63, 3.8) is 0 Å². The van der Waals surface area contributed by atoms with Crippen molar-refractivity contribution >= 4 is 44.2 Å². The number of imide groups is 1. The molecule has 1 N–H and O–H groups in total. The van der Waals surface area contributed by atoms with Crippen LogP contribution >= 0.6 is 15.9 Å². The van der Waals surface area contributed by atoms with Gasteiger partial charge in [-0.15, -0.1) is 0 Å². The average molecular weight is 375 g/mol. The molecular formula is C18H19BrN2O2. The monoisotopic (exact) mass is 374 g/mol. The first-order valence-electron chi connectivity index (χ1n) is 7.90. The maximum atomic E-state index is 12.7. The third-order valence-electron chi connectivity index (χ3n) is 4.14. The molecular weight excluding hydrogens is 356 g/mol. The number of hydrogen-bond acceptors (Lipinski definition) is 3. The van der Waals surface area contributed by atoms with Crippen molar-refractivity contribution in [1.29, 1.82) is 0 Å². The molecule has 3 rings (SSSR count). The second-order valence-electron chi connectivity index (χ2n) is 5.62. The van der Waals surface area contributed by atoms with Gasteiger partial charge in [-0.25, -0.2) is 0 Å². The van der Waals surface area contributed by atoms with Crippen LogP contribution in [0.1, 0.15) is 40.5 Å². The summed E-state index contributed by atoms with van der Waals surface area (Å²) < 4.78 is 0. The van der Waals surface area contributed by atoms with Crippen LogP contribution < -0.4 is 5.32 Å². The highest BCUT2D eigenvalue weighted by Gasteiger charge is 2.32. The molecule has 0 aliphatic carbocycles. The predicted molar refractivity (Wildman–Crippen MR) is 96.5 cm³/mol. The number of carbonyl (C=O) groups is 2. The largest absolute Gasteiger partial charge is 0.384 e. The van der Waals surface area contributed by atoms with Gasteiger partial charge < -0.3 is 5.32 Å². The minimum absolute atomic E-state index is 0.181. The molecule has 0 aromatic heterocycles. The van der Waals surface area contributed by atoms with E-state index in [0.29, 0.717) is 17.7 Å². The standard InChI is InChI=1S/C18H19BrN2O2/c1-2-3-11-21-17(22)13-6-4-5-12-15(20-10-9-19)8-7-14(16(12)13)18(21)23/h4-8,20H,2-3,9-11H2,1H3. The molecule has 2 aromatic rings. The molecule has 1 aliphatic rings. The van der Waals surface area contributed by atoms with Crippen molar-refractivity contribution in [3.05, 3.63) is 41.5 Å². The number of benzene rings is 2. The fourth-order valence-electron chi connectivity index (χ4n) is 3.00. The Morgan fingerprint density at radius 2 is 1.83 bits per heavy atom. The Labute approximate surface area is 144 Å². The van der Waals surface area contributed by atoms with E-state index in [4.69, 9.17) is 0 Å². The van der Waals surface area contributed by atoms with Crippen molar-refractivity contribution in [3.8, 4) is 0 Å². The number of carbonyl (C=O) groups excluding carboxylic acids is 2. The summed E-state index contributed by atoms with van der Waals surface area (Å²) in [6.45, 7) is 3.31. The van der Waals surface area contributed by atoms with Crippen LogP contribution in [0.5, 0.6) is 0 Å². The molecule has 0 unspecified atom stereocenters. The second kappa shape index (κ2) is 6.71. The maximum Gasteiger partial charge on any atom is 0.261 e. The van der Waals surface area contributed by atoms with Crippen LogP contribution in [0.2, 0.25) is 0 Å². The molecule has 1 heterocycles. The third kappa shape index (κ3) is 2.74. The number of nitrogens with one attached hydrogen (secondary N) is 1. The lowest BCUT2D eigenvalue weighted by molar-refractivity contribution is 0.0608. The minimum atomic E-state index is -0.181. The van der Waals surface area contributed by atoms with Gasteiger partial charge in [0.15, 0.2) is 0 Å². The Bertz CT molecular complexity index is 751. The van der Waals surface area contributed by atoms with Crippen LogP contribution in [-0.4, -0.2) is 35.1 Å². The first kappa shape index (κ1) is 16.0. The van der Waals surface area contributed by atoms with Crippen LogP contribution in [0.25, 0.3) is 10.8 Å². The highest BCUT2D eigenvalue weighted by atomic mass is 79.9. The zero-order chi connectivity index (χ0) is 16.4. The van der Waals surface area contributed by atoms with Crippen molar-refractivity contribution in [1.82, 2.24) is 4.90 Å². The molecule has 0 fully saturated rings. The fraction of sp³-hybridized carbons (Fsp3) is 0.333. The van der Waals surface area contributed by atoms with E-state index in [9.17, 15) is 9.59 Å². The zero-order valence-electron chi connectivity index (χ0n) is 13.1. The summed E-state index contributed by atoms with van der Waals surface area (Å²) in [6.07, 6.45) is 1.77. The van der Waals surface area contributed by atoms with E-state index < -0.39 is 0 Å². The molecule has 0 atom stereocenters. The van der Waals surface area contributed by atoms with Gasteiger partial charge in [0, 0.05) is 46.0 Å². The van der Waals surface area contributed by atoms with Crippen LogP contribution in [0.15, 0.2) is 30.3 Å². The Balaban J connectivity index is 2.13. The summed E-state index contributed by atoms with van der Waals surface area (Å²) in [5.41, 5.74) is 2.19. The van der Waals surface area contributed by atoms with Crippen molar-refractivity contribution in [2.24, 2.45) is 0 Å². The molecule has 0 saturated heterocycles. The summed E-state index contributed by atoms with van der Waals surface area (Å²) in [7, 11) is 0. The molecule has 5 heteroatoms. The number of hydrogen-bond donors (Lipinski definition) is 1. The summed E-state index contributed by atoms with van der Waals surface area (Å²) in [5.74, 6) is -0.363. The van der Waals surface area contributed by atoms with Gasteiger partial charge in [0.05, 0.1) is 0 Å². The molecule has 4 nitrogen and oxygen atoms in total. The van der Waals surface area contributed by atoms with Gasteiger partial charge in [-0.3, -0.25) is 14.5 Å². The summed E-state index contributed by atoms with van der Waals surface area (Å²) in [5, 5.41) is 5.87. The number of nitrogens with zero attached hydrogens (tertiary/aromatic N) is 1. The highest BCUT2D eigenvalue weighted by Crippen LogP contribution is 2.34. The van der Waals surface area contributed by atoms with E-state index >= 15 is 0 Å². The van der Waals surface area contributed by atoms with Gasteiger partial charge >= 0.3 is 0 Å². The Morgan fingerprint density at radius 3 is 2.52 bits per heavy atom. The van der Waals surface area contributed by atoms with Crippen LogP contribution in [0.4, 0.5) is 5.69 Å². The normalized spacial score (nSPS) is 13.7. The number of unbranched alkanes of at least 4 members (excludes halogenated alkanes) is 1. The molecule has 2 aromatic carbocycles. The van der Waals surface area contributed by atoms with Crippen molar-refractivity contribution < 1.29 is 9.59 Å². The van der Waals surface area contributed by atoms with Gasteiger partial charge in [-0.1, -0.05) is 41.4 Å². The Kier molecular flexibility index (Phi) is 4.66. The number of amides is 2. The van der Waals surface area contributed by atoms with Gasteiger partial charge in [-0.05, 0) is 24.6 Å². The average Bonchev–Trinajstić information content (AvgIpc) is 2.58. The predicted octanol–water partition coefficient (Wildman–Crippen LogP) is 4.04. The Hall–Kier alpha value is -1.88. The smallest absolute Gasteiger partial charge is 0.261 e. The molecule has 0 bridgehead atoms. The lowest BCUT2D eigenvalue weighted by Gasteiger charge is -2.27. The molecule has 0 saturated carbocycles. The highest BCUT2D eigenvalue weighted by molar-refractivity contribution is 9.09. The van der Waals surface area contributed by atoms with E-state index in [1.165, 1.54) is 4.90 Å². The van der Waals surface area contributed by atoms with Gasteiger partial charge in [-0.2, -0.15) is 0 Å². The third-order valence-corrected chi connectivity index (χ3v) is 4.53.